The normalized spacial score (nSPS) is 14.7. The number of alkyl halides is 3. The van der Waals surface area contributed by atoms with Crippen molar-refractivity contribution in [3.05, 3.63) is 24.3 Å². The molecule has 0 unspecified atom stereocenters. The van der Waals surface area contributed by atoms with Crippen LogP contribution in [0.2, 0.25) is 0 Å². The number of rotatable bonds is 1. The summed E-state index contributed by atoms with van der Waals surface area (Å²) >= 11 is 0. The van der Waals surface area contributed by atoms with E-state index in [-0.39, 0.29) is 6.54 Å². The van der Waals surface area contributed by atoms with Crippen molar-refractivity contribution in [2.24, 2.45) is 0 Å². The van der Waals surface area contributed by atoms with Crippen molar-refractivity contribution >= 4 is 23.4 Å². The minimum atomic E-state index is -4.60. The molecule has 1 aliphatic rings. The number of anilines is 2. The van der Waals surface area contributed by atoms with Crippen LogP contribution in [0.15, 0.2) is 24.3 Å². The van der Waals surface area contributed by atoms with Crippen LogP contribution in [0.25, 0.3) is 0 Å². The predicted octanol–water partition coefficient (Wildman–Crippen LogP) is 2.14. The van der Waals surface area contributed by atoms with Gasteiger partial charge >= 0.3 is 12.3 Å². The van der Waals surface area contributed by atoms with Gasteiger partial charge in [-0.1, -0.05) is 12.1 Å². The molecule has 0 fully saturated rings. The third-order valence-electron chi connectivity index (χ3n) is 2.35. The number of ether oxygens (including phenoxy) is 1. The lowest BCUT2D eigenvalue weighted by Crippen LogP contribution is -2.43. The lowest BCUT2D eigenvalue weighted by molar-refractivity contribution is -0.159. The number of para-hydroxylation sites is 2. The molecule has 1 N–H and O–H groups in total. The van der Waals surface area contributed by atoms with E-state index in [1.807, 2.05) is 0 Å². The fourth-order valence-electron chi connectivity index (χ4n) is 1.62. The maximum Gasteiger partial charge on any atom is 0.422 e. The van der Waals surface area contributed by atoms with Gasteiger partial charge in [-0.05, 0) is 12.1 Å². The molecule has 19 heavy (non-hydrogen) atoms. The third-order valence-corrected chi connectivity index (χ3v) is 2.35. The van der Waals surface area contributed by atoms with Crippen molar-refractivity contribution in [3.8, 4) is 0 Å². The van der Waals surface area contributed by atoms with E-state index in [0.29, 0.717) is 11.4 Å². The highest BCUT2D eigenvalue weighted by Gasteiger charge is 2.33. The number of carbonyl (C=O) groups is 2. The van der Waals surface area contributed by atoms with Crippen molar-refractivity contribution in [2.75, 3.05) is 23.4 Å². The molecule has 1 aliphatic heterocycles. The monoisotopic (exact) mass is 274 g/mol. The summed E-state index contributed by atoms with van der Waals surface area (Å²) in [5, 5.41) is 2.51. The molecule has 0 saturated heterocycles. The zero-order valence-corrected chi connectivity index (χ0v) is 9.53. The van der Waals surface area contributed by atoms with Gasteiger partial charge in [-0.3, -0.25) is 9.69 Å². The Morgan fingerprint density at radius 2 is 2.05 bits per heavy atom. The van der Waals surface area contributed by atoms with Crippen LogP contribution in [-0.2, 0) is 9.53 Å². The Morgan fingerprint density at radius 1 is 1.37 bits per heavy atom. The summed E-state index contributed by atoms with van der Waals surface area (Å²) in [6.45, 7) is -2.07. The smallest absolute Gasteiger partial charge is 0.422 e. The van der Waals surface area contributed by atoms with Crippen LogP contribution >= 0.6 is 0 Å². The number of amides is 2. The number of benzene rings is 1. The van der Waals surface area contributed by atoms with Crippen molar-refractivity contribution < 1.29 is 27.5 Å². The minimum absolute atomic E-state index is 0.300. The van der Waals surface area contributed by atoms with E-state index in [1.165, 1.54) is 12.1 Å². The second kappa shape index (κ2) is 4.79. The standard InChI is InChI=1S/C11H9F3N2O3/c12-11(13,14)6-19-10(18)16-5-9(17)15-7-3-1-2-4-8(7)16/h1-4H,5-6H2,(H,15,17). The number of hydrogen-bond acceptors (Lipinski definition) is 3. The molecule has 0 spiro atoms. The van der Waals surface area contributed by atoms with E-state index in [9.17, 15) is 22.8 Å². The van der Waals surface area contributed by atoms with Crippen molar-refractivity contribution in [2.45, 2.75) is 6.18 Å². The highest BCUT2D eigenvalue weighted by molar-refractivity contribution is 6.08. The van der Waals surface area contributed by atoms with Crippen molar-refractivity contribution in [3.63, 3.8) is 0 Å². The second-order valence-corrected chi connectivity index (χ2v) is 3.82. The van der Waals surface area contributed by atoms with Crippen LogP contribution < -0.4 is 10.2 Å². The number of hydrogen-bond donors (Lipinski definition) is 1. The summed E-state index contributed by atoms with van der Waals surface area (Å²) in [7, 11) is 0. The van der Waals surface area contributed by atoms with Gasteiger partial charge in [0.25, 0.3) is 0 Å². The summed E-state index contributed by atoms with van der Waals surface area (Å²) in [6.07, 6.45) is -5.81. The summed E-state index contributed by atoms with van der Waals surface area (Å²) in [6, 6.07) is 6.27. The first kappa shape index (κ1) is 13.2. The van der Waals surface area contributed by atoms with Gasteiger partial charge in [-0.15, -0.1) is 0 Å². The van der Waals surface area contributed by atoms with Gasteiger partial charge < -0.3 is 10.1 Å². The number of halogens is 3. The number of nitrogens with one attached hydrogen (secondary N) is 1. The zero-order chi connectivity index (χ0) is 14.0. The lowest BCUT2D eigenvalue weighted by atomic mass is 10.2. The van der Waals surface area contributed by atoms with Crippen LogP contribution in [0, 0.1) is 0 Å². The molecule has 102 valence electrons. The molecule has 0 atom stereocenters. The number of carbonyl (C=O) groups excluding carboxylic acids is 2. The van der Waals surface area contributed by atoms with Crippen LogP contribution in [0.3, 0.4) is 0 Å². The SMILES string of the molecule is O=C1CN(C(=O)OCC(F)(F)F)c2ccccc2N1. The first-order chi connectivity index (χ1) is 8.87. The maximum absolute atomic E-state index is 12.0. The fraction of sp³-hybridized carbons (Fsp3) is 0.273. The first-order valence-corrected chi connectivity index (χ1v) is 5.27. The molecule has 2 rings (SSSR count). The minimum Gasteiger partial charge on any atom is -0.439 e. The molecule has 1 aromatic carbocycles. The molecular formula is C11H9F3N2O3. The van der Waals surface area contributed by atoms with Gasteiger partial charge in [0.05, 0.1) is 11.4 Å². The Labute approximate surface area is 105 Å². The molecule has 1 aromatic rings. The molecule has 0 aromatic heterocycles. The summed E-state index contributed by atoms with van der Waals surface area (Å²) < 4.78 is 40.1. The Morgan fingerprint density at radius 3 is 2.74 bits per heavy atom. The Kier molecular flexibility index (Phi) is 3.32. The quantitative estimate of drug-likeness (QED) is 0.853. The van der Waals surface area contributed by atoms with Gasteiger partial charge in [0.1, 0.15) is 6.54 Å². The number of fused-ring (bicyclic) bond motifs is 1. The average molecular weight is 274 g/mol. The topological polar surface area (TPSA) is 58.6 Å². The Hall–Kier alpha value is -2.25. The van der Waals surface area contributed by atoms with E-state index in [2.05, 4.69) is 10.1 Å². The molecule has 0 saturated carbocycles. The van der Waals surface area contributed by atoms with Gasteiger partial charge in [0.2, 0.25) is 5.91 Å². The van der Waals surface area contributed by atoms with Gasteiger partial charge in [-0.2, -0.15) is 13.2 Å². The van der Waals surface area contributed by atoms with Crippen molar-refractivity contribution in [1.82, 2.24) is 0 Å². The van der Waals surface area contributed by atoms with Crippen LogP contribution in [-0.4, -0.2) is 31.3 Å². The highest BCUT2D eigenvalue weighted by Crippen LogP contribution is 2.29. The zero-order valence-electron chi connectivity index (χ0n) is 9.53. The fourth-order valence-corrected chi connectivity index (χ4v) is 1.62. The third kappa shape index (κ3) is 3.15. The van der Waals surface area contributed by atoms with Gasteiger partial charge in [0.15, 0.2) is 6.61 Å². The van der Waals surface area contributed by atoms with E-state index in [4.69, 9.17) is 0 Å². The van der Waals surface area contributed by atoms with Gasteiger partial charge in [-0.25, -0.2) is 4.79 Å². The van der Waals surface area contributed by atoms with Gasteiger partial charge in [0, 0.05) is 0 Å². The molecule has 0 radical (unpaired) electrons. The summed E-state index contributed by atoms with van der Waals surface area (Å²) in [5.74, 6) is -0.498. The summed E-state index contributed by atoms with van der Waals surface area (Å²) in [4.78, 5) is 23.8. The summed E-state index contributed by atoms with van der Waals surface area (Å²) in [5.41, 5.74) is 0.650. The maximum atomic E-state index is 12.0. The van der Waals surface area contributed by atoms with E-state index in [1.54, 1.807) is 12.1 Å². The van der Waals surface area contributed by atoms with Crippen LogP contribution in [0.4, 0.5) is 29.3 Å². The average Bonchev–Trinajstić information content (AvgIpc) is 2.34. The largest absolute Gasteiger partial charge is 0.439 e. The second-order valence-electron chi connectivity index (χ2n) is 3.82. The lowest BCUT2D eigenvalue weighted by Gasteiger charge is -2.28. The molecule has 0 aliphatic carbocycles. The molecule has 0 bridgehead atoms. The number of nitrogens with zero attached hydrogens (tertiary/aromatic N) is 1. The molecule has 2 amide bonds. The van der Waals surface area contributed by atoms with E-state index >= 15 is 0 Å². The molecular weight excluding hydrogens is 265 g/mol. The van der Waals surface area contributed by atoms with Crippen molar-refractivity contribution in [1.29, 1.82) is 0 Å². The molecule has 8 heteroatoms. The van der Waals surface area contributed by atoms with Crippen LogP contribution in [0.5, 0.6) is 0 Å². The predicted molar refractivity (Wildman–Crippen MR) is 59.8 cm³/mol. The highest BCUT2D eigenvalue weighted by atomic mass is 19.4. The molecule has 5 nitrogen and oxygen atoms in total. The van der Waals surface area contributed by atoms with E-state index in [0.717, 1.165) is 4.90 Å². The van der Waals surface area contributed by atoms with E-state index < -0.39 is 24.8 Å². The Bertz CT molecular complexity index is 516. The Balaban J connectivity index is 2.16. The first-order valence-electron chi connectivity index (χ1n) is 5.27. The molecule has 1 heterocycles. The van der Waals surface area contributed by atoms with Crippen LogP contribution in [0.1, 0.15) is 0 Å².